The van der Waals surface area contributed by atoms with Crippen LogP contribution in [0.2, 0.25) is 0 Å². The van der Waals surface area contributed by atoms with Gasteiger partial charge in [0.2, 0.25) is 0 Å². The van der Waals surface area contributed by atoms with E-state index in [1.54, 1.807) is 12.1 Å². The molecule has 5 heteroatoms. The van der Waals surface area contributed by atoms with Crippen molar-refractivity contribution in [2.45, 2.75) is 0 Å². The third-order valence-corrected chi connectivity index (χ3v) is 2.63. The minimum Gasteiger partial charge on any atom is -0.319 e. The Kier molecular flexibility index (Phi) is 2.17. The molecule has 0 saturated carbocycles. The van der Waals surface area contributed by atoms with Crippen molar-refractivity contribution in [3.05, 3.63) is 30.3 Å². The number of quaternary nitrogens is 1. The molecule has 1 aromatic rings. The molecule has 3 N–H and O–H groups in total. The molecule has 5 nitrogen and oxygen atoms in total. The van der Waals surface area contributed by atoms with E-state index in [1.807, 2.05) is 18.2 Å². The Morgan fingerprint density at radius 3 is 2.47 bits per heavy atom. The fourth-order valence-corrected chi connectivity index (χ4v) is 1.76. The predicted molar refractivity (Wildman–Crippen MR) is 55.7 cm³/mol. The van der Waals surface area contributed by atoms with Crippen molar-refractivity contribution in [3.8, 4) is 0 Å². The first kappa shape index (κ1) is 9.67. The Morgan fingerprint density at radius 2 is 2.00 bits per heavy atom. The van der Waals surface area contributed by atoms with Crippen molar-refractivity contribution in [3.63, 3.8) is 0 Å². The zero-order valence-electron chi connectivity index (χ0n) is 8.14. The van der Waals surface area contributed by atoms with E-state index >= 15 is 0 Å². The summed E-state index contributed by atoms with van der Waals surface area (Å²) in [5, 5.41) is 2.62. The van der Waals surface area contributed by atoms with E-state index in [9.17, 15) is 9.59 Å². The first-order valence-electron chi connectivity index (χ1n) is 4.64. The van der Waals surface area contributed by atoms with Gasteiger partial charge in [0.1, 0.15) is 5.69 Å². The molecule has 3 amide bonds. The SMILES string of the molecule is NC(=O)[N+]1(c2ccccc2)CNC(=O)C1. The molecule has 1 fully saturated rings. The molecule has 1 unspecified atom stereocenters. The number of hydrogen-bond donors (Lipinski definition) is 2. The van der Waals surface area contributed by atoms with E-state index in [0.29, 0.717) is 0 Å². The van der Waals surface area contributed by atoms with Crippen LogP contribution in [0.4, 0.5) is 10.5 Å². The molecule has 0 radical (unpaired) electrons. The number of primary amides is 1. The van der Waals surface area contributed by atoms with E-state index in [-0.39, 0.29) is 23.6 Å². The van der Waals surface area contributed by atoms with Gasteiger partial charge in [-0.25, -0.2) is 4.79 Å². The molecule has 15 heavy (non-hydrogen) atoms. The van der Waals surface area contributed by atoms with Gasteiger partial charge in [0.05, 0.1) is 0 Å². The van der Waals surface area contributed by atoms with Crippen molar-refractivity contribution < 1.29 is 9.59 Å². The van der Waals surface area contributed by atoms with Gasteiger partial charge >= 0.3 is 6.03 Å². The number of nitrogens with two attached hydrogens (primary N) is 1. The fraction of sp³-hybridized carbons (Fsp3) is 0.200. The van der Waals surface area contributed by atoms with E-state index in [1.165, 1.54) is 0 Å². The van der Waals surface area contributed by atoms with Gasteiger partial charge < -0.3 is 11.1 Å². The lowest BCUT2D eigenvalue weighted by atomic mass is 10.2. The Morgan fingerprint density at radius 1 is 1.33 bits per heavy atom. The lowest BCUT2D eigenvalue weighted by molar-refractivity contribution is -0.118. The van der Waals surface area contributed by atoms with Crippen LogP contribution in [0.15, 0.2) is 30.3 Å². The van der Waals surface area contributed by atoms with Gasteiger partial charge in [-0.1, -0.05) is 18.2 Å². The highest BCUT2D eigenvalue weighted by Gasteiger charge is 2.44. The molecule has 1 saturated heterocycles. The molecule has 2 rings (SSSR count). The van der Waals surface area contributed by atoms with E-state index in [2.05, 4.69) is 5.32 Å². The summed E-state index contributed by atoms with van der Waals surface area (Å²) in [6, 6.07) is 8.57. The van der Waals surface area contributed by atoms with E-state index in [4.69, 9.17) is 5.73 Å². The van der Waals surface area contributed by atoms with Crippen LogP contribution in [0.3, 0.4) is 0 Å². The number of rotatable bonds is 1. The molecule has 78 valence electrons. The first-order valence-corrected chi connectivity index (χ1v) is 4.64. The summed E-state index contributed by atoms with van der Waals surface area (Å²) in [6.45, 7) is 0.317. The number of urea groups is 1. The zero-order chi connectivity index (χ0) is 10.9. The average Bonchev–Trinajstić information content (AvgIpc) is 2.63. The first-order chi connectivity index (χ1) is 7.15. The average molecular weight is 206 g/mol. The summed E-state index contributed by atoms with van der Waals surface area (Å²) in [5.41, 5.74) is 6.11. The fourth-order valence-electron chi connectivity index (χ4n) is 1.76. The van der Waals surface area contributed by atoms with E-state index < -0.39 is 6.03 Å². The smallest absolute Gasteiger partial charge is 0.319 e. The Labute approximate surface area is 87.1 Å². The second-order valence-electron chi connectivity index (χ2n) is 3.56. The maximum atomic E-state index is 11.5. The maximum Gasteiger partial charge on any atom is 0.421 e. The van der Waals surface area contributed by atoms with Gasteiger partial charge in [0.15, 0.2) is 13.2 Å². The van der Waals surface area contributed by atoms with Crippen molar-refractivity contribution in [2.24, 2.45) is 5.73 Å². The number of nitrogens with one attached hydrogen (secondary N) is 1. The van der Waals surface area contributed by atoms with Gasteiger partial charge in [-0.2, -0.15) is 4.48 Å². The Hall–Kier alpha value is -1.88. The number of hydrogen-bond acceptors (Lipinski definition) is 2. The van der Waals surface area contributed by atoms with Crippen molar-refractivity contribution in [1.29, 1.82) is 0 Å². The summed E-state index contributed by atoms with van der Waals surface area (Å²) >= 11 is 0. The molecule has 0 aromatic heterocycles. The van der Waals surface area contributed by atoms with Crippen LogP contribution in [0.1, 0.15) is 0 Å². The van der Waals surface area contributed by atoms with Gasteiger partial charge in [0.25, 0.3) is 5.91 Å². The minimum absolute atomic E-state index is 0.0827. The van der Waals surface area contributed by atoms with E-state index in [0.717, 1.165) is 5.69 Å². The van der Waals surface area contributed by atoms with Crippen LogP contribution in [0.25, 0.3) is 0 Å². The van der Waals surface area contributed by atoms with Crippen molar-refractivity contribution in [2.75, 3.05) is 13.2 Å². The Bertz CT molecular complexity index is 404. The monoisotopic (exact) mass is 206 g/mol. The highest BCUT2D eigenvalue weighted by molar-refractivity contribution is 5.95. The summed E-state index contributed by atoms with van der Waals surface area (Å²) in [6.07, 6.45) is 0. The summed E-state index contributed by atoms with van der Waals surface area (Å²) in [7, 11) is 0. The second kappa shape index (κ2) is 3.36. The topological polar surface area (TPSA) is 72.2 Å². The quantitative estimate of drug-likeness (QED) is 0.642. The maximum absolute atomic E-state index is 11.5. The van der Waals surface area contributed by atoms with Crippen LogP contribution >= 0.6 is 0 Å². The van der Waals surface area contributed by atoms with Gasteiger partial charge in [-0.15, -0.1) is 0 Å². The molecule has 0 aliphatic carbocycles. The lowest BCUT2D eigenvalue weighted by Gasteiger charge is -2.25. The second-order valence-corrected chi connectivity index (χ2v) is 3.56. The third-order valence-electron chi connectivity index (χ3n) is 2.63. The van der Waals surface area contributed by atoms with Crippen LogP contribution < -0.4 is 15.5 Å². The van der Waals surface area contributed by atoms with Crippen LogP contribution in [0.5, 0.6) is 0 Å². The van der Waals surface area contributed by atoms with Gasteiger partial charge in [-0.05, 0) is 12.1 Å². The molecule has 1 atom stereocenters. The number of carbonyl (C=O) groups is 2. The molecule has 0 spiro atoms. The minimum atomic E-state index is -0.514. The number of amides is 3. The normalized spacial score (nSPS) is 24.9. The molecule has 1 heterocycles. The number of nitrogens with zero attached hydrogens (tertiary/aromatic N) is 1. The van der Waals surface area contributed by atoms with Gasteiger partial charge in [0, 0.05) is 0 Å². The Balaban J connectivity index is 2.45. The standard InChI is InChI=1S/C10H11N3O2/c11-10(15)13(6-9(14)12-7-13)8-4-2-1-3-5-8/h1-5H,6-7H2,(H2-,11,12,14,15)/p+1. The van der Waals surface area contributed by atoms with Crippen molar-refractivity contribution >= 4 is 17.6 Å². The largest absolute Gasteiger partial charge is 0.421 e. The third kappa shape index (κ3) is 1.46. The predicted octanol–water partition coefficient (Wildman–Crippen LogP) is 0.160. The zero-order valence-corrected chi connectivity index (χ0v) is 8.14. The summed E-state index contributed by atoms with van der Waals surface area (Å²) in [5.74, 6) is -0.155. The number of benzene rings is 1. The number of para-hydroxylation sites is 1. The molecular formula is C10H12N3O2+. The molecular weight excluding hydrogens is 194 g/mol. The summed E-state index contributed by atoms with van der Waals surface area (Å²) in [4.78, 5) is 22.7. The molecule has 1 aliphatic heterocycles. The summed E-state index contributed by atoms with van der Waals surface area (Å²) < 4.78 is -0.139. The van der Waals surface area contributed by atoms with Gasteiger partial charge in [-0.3, -0.25) is 4.79 Å². The van der Waals surface area contributed by atoms with Crippen LogP contribution in [-0.4, -0.2) is 25.2 Å². The highest BCUT2D eigenvalue weighted by atomic mass is 16.2. The highest BCUT2D eigenvalue weighted by Crippen LogP contribution is 2.23. The van der Waals surface area contributed by atoms with Crippen LogP contribution in [-0.2, 0) is 4.79 Å². The lowest BCUT2D eigenvalue weighted by Crippen LogP contribution is -2.56. The molecule has 1 aromatic carbocycles. The van der Waals surface area contributed by atoms with Crippen LogP contribution in [0, 0.1) is 0 Å². The van der Waals surface area contributed by atoms with Crippen molar-refractivity contribution in [1.82, 2.24) is 9.80 Å². The molecule has 1 aliphatic rings. The number of carbonyl (C=O) groups excluding carboxylic acids is 2. The molecule has 0 bridgehead atoms.